The van der Waals surface area contributed by atoms with Gasteiger partial charge in [0.25, 0.3) is 0 Å². The van der Waals surface area contributed by atoms with Gasteiger partial charge in [0.2, 0.25) is 11.8 Å². The summed E-state index contributed by atoms with van der Waals surface area (Å²) in [5.41, 5.74) is 2.38. The van der Waals surface area contributed by atoms with Crippen LogP contribution in [0.25, 0.3) is 0 Å². The Labute approximate surface area is 248 Å². The van der Waals surface area contributed by atoms with E-state index in [1.54, 1.807) is 21.0 Å². The number of thiophene rings is 1. The third kappa shape index (κ3) is 7.68. The Kier molecular flexibility index (Phi) is 10.8. The predicted molar refractivity (Wildman–Crippen MR) is 160 cm³/mol. The van der Waals surface area contributed by atoms with E-state index < -0.39 is 5.25 Å². The monoisotopic (exact) mass is 599 g/mol. The number of carbonyl (C=O) groups excluding carboxylic acids is 3. The van der Waals surface area contributed by atoms with Crippen LogP contribution in [0.4, 0.5) is 5.00 Å². The number of unbranched alkanes of at least 4 members (excludes halogenated alkanes) is 1. The normalized spacial score (nSPS) is 13.0. The van der Waals surface area contributed by atoms with Gasteiger partial charge >= 0.3 is 5.97 Å². The van der Waals surface area contributed by atoms with Gasteiger partial charge < -0.3 is 24.7 Å². The number of anilines is 1. The van der Waals surface area contributed by atoms with Crippen LogP contribution in [0.2, 0.25) is 0 Å². The van der Waals surface area contributed by atoms with Crippen LogP contribution >= 0.6 is 23.1 Å². The van der Waals surface area contributed by atoms with E-state index in [2.05, 4.69) is 27.8 Å². The van der Waals surface area contributed by atoms with Crippen molar-refractivity contribution in [1.29, 1.82) is 0 Å². The Balaban J connectivity index is 1.40. The minimum absolute atomic E-state index is 0.123. The van der Waals surface area contributed by atoms with E-state index in [1.807, 2.05) is 28.8 Å². The lowest BCUT2D eigenvalue weighted by atomic mass is 10.1. The van der Waals surface area contributed by atoms with Crippen LogP contribution in [0.5, 0.6) is 5.75 Å². The summed E-state index contributed by atoms with van der Waals surface area (Å²) in [4.78, 5) is 39.7. The number of esters is 1. The maximum absolute atomic E-state index is 13.2. The zero-order valence-electron chi connectivity index (χ0n) is 24.0. The van der Waals surface area contributed by atoms with E-state index in [0.717, 1.165) is 53.9 Å². The molecule has 2 heterocycles. The van der Waals surface area contributed by atoms with Gasteiger partial charge in [0.15, 0.2) is 11.0 Å². The third-order valence-electron chi connectivity index (χ3n) is 6.79. The van der Waals surface area contributed by atoms with Crippen LogP contribution < -0.4 is 15.4 Å². The molecule has 3 aromatic rings. The van der Waals surface area contributed by atoms with E-state index in [1.165, 1.54) is 23.1 Å². The van der Waals surface area contributed by atoms with E-state index in [9.17, 15) is 14.4 Å². The molecule has 1 unspecified atom stereocenters. The average Bonchev–Trinajstić information content (AvgIpc) is 3.66. The first-order valence-electron chi connectivity index (χ1n) is 13.9. The van der Waals surface area contributed by atoms with E-state index >= 15 is 0 Å². The predicted octanol–water partition coefficient (Wildman–Crippen LogP) is 4.79. The molecule has 1 aliphatic rings. The molecule has 1 atom stereocenters. The average molecular weight is 600 g/mol. The molecule has 220 valence electrons. The summed E-state index contributed by atoms with van der Waals surface area (Å²) in [6.07, 6.45) is 4.86. The zero-order valence-corrected chi connectivity index (χ0v) is 25.6. The molecule has 0 saturated heterocycles. The van der Waals surface area contributed by atoms with Gasteiger partial charge in [-0.2, -0.15) is 0 Å². The molecule has 0 fully saturated rings. The van der Waals surface area contributed by atoms with Crippen molar-refractivity contribution in [2.75, 3.05) is 19.0 Å². The summed E-state index contributed by atoms with van der Waals surface area (Å²) >= 11 is 2.77. The first-order chi connectivity index (χ1) is 19.8. The van der Waals surface area contributed by atoms with Gasteiger partial charge in [-0.1, -0.05) is 37.2 Å². The number of rotatable bonds is 14. The number of hydrogen-bond donors (Lipinski definition) is 2. The maximum atomic E-state index is 13.2. The summed E-state index contributed by atoms with van der Waals surface area (Å²) in [5, 5.41) is 15.3. The molecular weight excluding hydrogens is 562 g/mol. The molecule has 4 rings (SSSR count). The largest absolute Gasteiger partial charge is 0.497 e. The van der Waals surface area contributed by atoms with Gasteiger partial charge in [-0.05, 0) is 62.8 Å². The fourth-order valence-corrected chi connectivity index (χ4v) is 6.76. The summed E-state index contributed by atoms with van der Waals surface area (Å²) in [7, 11) is 1.60. The van der Waals surface area contributed by atoms with Gasteiger partial charge in [-0.3, -0.25) is 9.59 Å². The van der Waals surface area contributed by atoms with Gasteiger partial charge in [0.1, 0.15) is 10.8 Å². The quantitative estimate of drug-likeness (QED) is 0.200. The number of methoxy groups -OCH3 is 1. The summed E-state index contributed by atoms with van der Waals surface area (Å²) in [6, 6.07) is 7.38. The molecule has 10 nitrogen and oxygen atoms in total. The number of thioether (sulfide) groups is 1. The van der Waals surface area contributed by atoms with Crippen molar-refractivity contribution in [3.8, 4) is 5.75 Å². The van der Waals surface area contributed by atoms with Crippen molar-refractivity contribution < 1.29 is 23.9 Å². The van der Waals surface area contributed by atoms with Crippen molar-refractivity contribution in [2.45, 2.75) is 82.8 Å². The fraction of sp³-hybridized carbons (Fsp3) is 0.483. The molecule has 1 aliphatic carbocycles. The SMILES string of the molecule is CCCCn1c(CNC(=O)Cc2ccc(OC)cc2)nnc1SC(C)C(=O)Nc1sc2c(c1C(=O)OCC)CCC2. The standard InChI is InChI=1S/C29H37N5O5S2/c1-5-7-15-34-23(17-30-24(35)16-19-11-13-20(38-4)14-12-19)32-33-29(34)40-18(3)26(36)31-27-25(28(37)39-6-2)21-9-8-10-22(21)41-27/h11-14,18H,5-10,15-17H2,1-4H3,(H,30,35)(H,31,36). The maximum Gasteiger partial charge on any atom is 0.341 e. The number of aromatic nitrogens is 3. The van der Waals surface area contributed by atoms with Crippen LogP contribution in [0.3, 0.4) is 0 Å². The van der Waals surface area contributed by atoms with Gasteiger partial charge in [-0.25, -0.2) is 4.79 Å². The van der Waals surface area contributed by atoms with Gasteiger partial charge in [0.05, 0.1) is 37.5 Å². The van der Waals surface area contributed by atoms with Crippen molar-refractivity contribution in [1.82, 2.24) is 20.1 Å². The number of fused-ring (bicyclic) bond motifs is 1. The Morgan fingerprint density at radius 2 is 1.93 bits per heavy atom. The lowest BCUT2D eigenvalue weighted by Gasteiger charge is -2.14. The van der Waals surface area contributed by atoms with Crippen LogP contribution in [0, 0.1) is 0 Å². The minimum Gasteiger partial charge on any atom is -0.497 e. The molecule has 0 radical (unpaired) electrons. The first kappa shape index (κ1) is 30.6. The number of hydrogen-bond acceptors (Lipinski definition) is 9. The molecular formula is C29H37N5O5S2. The molecule has 0 aliphatic heterocycles. The first-order valence-corrected chi connectivity index (χ1v) is 15.6. The molecule has 2 aromatic heterocycles. The molecule has 41 heavy (non-hydrogen) atoms. The van der Waals surface area contributed by atoms with Gasteiger partial charge in [0, 0.05) is 11.4 Å². The highest BCUT2D eigenvalue weighted by Gasteiger charge is 2.29. The van der Waals surface area contributed by atoms with E-state index in [0.29, 0.717) is 28.1 Å². The second kappa shape index (κ2) is 14.5. The Bertz CT molecular complexity index is 1370. The third-order valence-corrected chi connectivity index (χ3v) is 9.07. The van der Waals surface area contributed by atoms with Crippen molar-refractivity contribution in [3.05, 3.63) is 51.7 Å². The van der Waals surface area contributed by atoms with Crippen LogP contribution in [0.1, 0.15) is 72.2 Å². The summed E-state index contributed by atoms with van der Waals surface area (Å²) in [5.74, 6) is 0.642. The number of ether oxygens (including phenoxy) is 2. The number of aryl methyl sites for hydroxylation is 1. The zero-order chi connectivity index (χ0) is 29.4. The van der Waals surface area contributed by atoms with Crippen molar-refractivity contribution in [3.63, 3.8) is 0 Å². The number of amides is 2. The van der Waals surface area contributed by atoms with Crippen molar-refractivity contribution in [2.24, 2.45) is 0 Å². The molecule has 1 aromatic carbocycles. The van der Waals surface area contributed by atoms with E-state index in [4.69, 9.17) is 9.47 Å². The smallest absolute Gasteiger partial charge is 0.341 e. The fourth-order valence-electron chi connectivity index (χ4n) is 4.58. The van der Waals surface area contributed by atoms with Crippen LogP contribution in [0.15, 0.2) is 29.4 Å². The summed E-state index contributed by atoms with van der Waals surface area (Å²) in [6.45, 7) is 6.87. The highest BCUT2D eigenvalue weighted by molar-refractivity contribution is 8.00. The number of carbonyl (C=O) groups is 3. The topological polar surface area (TPSA) is 124 Å². The molecule has 2 N–H and O–H groups in total. The lowest BCUT2D eigenvalue weighted by molar-refractivity contribution is -0.120. The number of benzene rings is 1. The Morgan fingerprint density at radius 1 is 1.15 bits per heavy atom. The number of nitrogens with zero attached hydrogens (tertiary/aromatic N) is 3. The lowest BCUT2D eigenvalue weighted by Crippen LogP contribution is -2.26. The minimum atomic E-state index is -0.496. The van der Waals surface area contributed by atoms with Crippen LogP contribution in [-0.4, -0.2) is 51.5 Å². The number of nitrogens with one attached hydrogen (secondary N) is 2. The highest BCUT2D eigenvalue weighted by Crippen LogP contribution is 2.40. The highest BCUT2D eigenvalue weighted by atomic mass is 32.2. The second-order valence-corrected chi connectivity index (χ2v) is 12.1. The molecule has 0 spiro atoms. The van der Waals surface area contributed by atoms with Crippen molar-refractivity contribution >= 4 is 45.9 Å². The van der Waals surface area contributed by atoms with Gasteiger partial charge in [-0.15, -0.1) is 21.5 Å². The second-order valence-electron chi connectivity index (χ2n) is 9.74. The van der Waals surface area contributed by atoms with Crippen LogP contribution in [-0.2, 0) is 46.7 Å². The Morgan fingerprint density at radius 3 is 2.63 bits per heavy atom. The molecule has 2 amide bonds. The summed E-state index contributed by atoms with van der Waals surface area (Å²) < 4.78 is 12.4. The molecule has 12 heteroatoms. The molecule has 0 saturated carbocycles. The van der Waals surface area contributed by atoms with E-state index in [-0.39, 0.29) is 37.4 Å². The Hall–Kier alpha value is -3.38. The molecule has 0 bridgehead atoms.